The van der Waals surface area contributed by atoms with Crippen molar-refractivity contribution in [2.75, 3.05) is 12.4 Å². The molecule has 4 rings (SSSR count). The number of amides is 2. The van der Waals surface area contributed by atoms with Gasteiger partial charge in [-0.15, -0.1) is 0 Å². The van der Waals surface area contributed by atoms with Crippen LogP contribution in [0.1, 0.15) is 11.1 Å². The summed E-state index contributed by atoms with van der Waals surface area (Å²) in [5.74, 6) is -0.585. The number of likely N-dealkylation sites (N-methyl/N-ethyl adjacent to an activating group) is 1. The molecule has 4 aromatic rings. The number of rotatable bonds is 6. The van der Waals surface area contributed by atoms with Gasteiger partial charge in [-0.25, -0.2) is 9.36 Å². The van der Waals surface area contributed by atoms with Crippen LogP contribution in [0.2, 0.25) is 5.02 Å². The molecule has 1 heterocycles. The Labute approximate surface area is 205 Å². The molecule has 0 saturated carbocycles. The molecule has 2 amide bonds. The van der Waals surface area contributed by atoms with E-state index in [0.29, 0.717) is 32.9 Å². The third-order valence-corrected chi connectivity index (χ3v) is 6.14. The van der Waals surface area contributed by atoms with Gasteiger partial charge >= 0.3 is 5.69 Å². The molecule has 0 aliphatic heterocycles. The van der Waals surface area contributed by atoms with E-state index in [4.69, 9.17) is 11.6 Å². The molecule has 0 saturated heterocycles. The minimum absolute atomic E-state index is 0.149. The number of benzene rings is 3. The summed E-state index contributed by atoms with van der Waals surface area (Å²) in [4.78, 5) is 51.3. The molecular formula is C26H23ClN4O4. The van der Waals surface area contributed by atoms with Crippen LogP contribution in [0.4, 0.5) is 5.69 Å². The van der Waals surface area contributed by atoms with E-state index in [9.17, 15) is 19.2 Å². The number of nitrogens with one attached hydrogen (secondary N) is 2. The minimum Gasteiger partial charge on any atom is -0.359 e. The third kappa shape index (κ3) is 4.88. The molecule has 0 aliphatic carbocycles. The van der Waals surface area contributed by atoms with Gasteiger partial charge in [0, 0.05) is 17.8 Å². The van der Waals surface area contributed by atoms with Crippen molar-refractivity contribution in [2.24, 2.45) is 0 Å². The summed E-state index contributed by atoms with van der Waals surface area (Å²) in [5.41, 5.74) is 1.54. The second kappa shape index (κ2) is 9.99. The first kappa shape index (κ1) is 24.0. The second-order valence-electron chi connectivity index (χ2n) is 8.00. The number of para-hydroxylation sites is 1. The van der Waals surface area contributed by atoms with E-state index >= 15 is 0 Å². The summed E-state index contributed by atoms with van der Waals surface area (Å²) >= 11 is 6.15. The Morgan fingerprint density at radius 3 is 2.34 bits per heavy atom. The zero-order chi connectivity index (χ0) is 25.1. The van der Waals surface area contributed by atoms with Gasteiger partial charge in [-0.1, -0.05) is 41.9 Å². The lowest BCUT2D eigenvalue weighted by Gasteiger charge is -2.15. The number of nitrogens with zero attached hydrogens (tertiary/aromatic N) is 2. The van der Waals surface area contributed by atoms with Crippen LogP contribution in [-0.2, 0) is 22.6 Å². The highest BCUT2D eigenvalue weighted by Gasteiger charge is 2.17. The first-order chi connectivity index (χ1) is 16.8. The average Bonchev–Trinajstić information content (AvgIpc) is 2.85. The van der Waals surface area contributed by atoms with E-state index < -0.39 is 17.2 Å². The average molecular weight is 491 g/mol. The maximum absolute atomic E-state index is 13.5. The summed E-state index contributed by atoms with van der Waals surface area (Å²) in [6.45, 7) is 1.48. The summed E-state index contributed by atoms with van der Waals surface area (Å²) in [5, 5.41) is 6.16. The maximum atomic E-state index is 13.5. The fraction of sp³-hybridized carbons (Fsp3) is 0.154. The summed E-state index contributed by atoms with van der Waals surface area (Å²) in [7, 11) is 1.55. The van der Waals surface area contributed by atoms with Gasteiger partial charge in [0.2, 0.25) is 11.8 Å². The molecular weight excluding hydrogens is 468 g/mol. The van der Waals surface area contributed by atoms with Crippen LogP contribution in [0.15, 0.2) is 76.3 Å². The Bertz CT molecular complexity index is 1550. The largest absolute Gasteiger partial charge is 0.359 e. The molecule has 178 valence electrons. The number of halogens is 1. The van der Waals surface area contributed by atoms with Gasteiger partial charge in [-0.3, -0.25) is 19.0 Å². The Kier molecular flexibility index (Phi) is 6.84. The van der Waals surface area contributed by atoms with Crippen LogP contribution >= 0.6 is 11.6 Å². The topological polar surface area (TPSA) is 102 Å². The van der Waals surface area contributed by atoms with Crippen molar-refractivity contribution in [3.63, 3.8) is 0 Å². The first-order valence-electron chi connectivity index (χ1n) is 10.9. The van der Waals surface area contributed by atoms with Crippen LogP contribution < -0.4 is 21.9 Å². The zero-order valence-electron chi connectivity index (χ0n) is 19.2. The molecule has 9 heteroatoms. The summed E-state index contributed by atoms with van der Waals surface area (Å²) in [6.07, 6.45) is 0.177. The smallest absolute Gasteiger partial charge is 0.336 e. The number of hydrogen-bond acceptors (Lipinski definition) is 4. The second-order valence-corrected chi connectivity index (χ2v) is 8.41. The van der Waals surface area contributed by atoms with E-state index in [-0.39, 0.29) is 18.9 Å². The first-order valence-corrected chi connectivity index (χ1v) is 11.3. The molecule has 8 nitrogen and oxygen atoms in total. The highest BCUT2D eigenvalue weighted by molar-refractivity contribution is 6.31. The number of hydrogen-bond donors (Lipinski definition) is 2. The summed E-state index contributed by atoms with van der Waals surface area (Å²) < 4.78 is 2.30. The standard InChI is InChI=1S/C26H23ClN4O4/c1-16-20(27)7-5-8-21(16)29-24(33)15-30-22-9-4-3-6-19(22)25(34)31(26(30)35)18-12-10-17(11-13-18)14-23(32)28-2/h3-13H,14-15H2,1-2H3,(H,28,32)(H,29,33). The number of anilines is 1. The van der Waals surface area contributed by atoms with E-state index in [2.05, 4.69) is 10.6 Å². The lowest BCUT2D eigenvalue weighted by molar-refractivity contribution is -0.120. The van der Waals surface area contributed by atoms with E-state index in [1.165, 1.54) is 4.57 Å². The van der Waals surface area contributed by atoms with E-state index in [1.54, 1.807) is 80.7 Å². The molecule has 0 radical (unpaired) electrons. The van der Waals surface area contributed by atoms with Crippen molar-refractivity contribution in [1.29, 1.82) is 0 Å². The van der Waals surface area contributed by atoms with Crippen LogP contribution in [0.3, 0.4) is 0 Å². The van der Waals surface area contributed by atoms with Crippen molar-refractivity contribution in [1.82, 2.24) is 14.5 Å². The fourth-order valence-corrected chi connectivity index (χ4v) is 3.99. The predicted octanol–water partition coefficient (Wildman–Crippen LogP) is 3.04. The lowest BCUT2D eigenvalue weighted by Crippen LogP contribution is -2.40. The van der Waals surface area contributed by atoms with Crippen molar-refractivity contribution in [3.8, 4) is 5.69 Å². The summed E-state index contributed by atoms with van der Waals surface area (Å²) in [6, 6.07) is 18.4. The van der Waals surface area contributed by atoms with Crippen molar-refractivity contribution in [2.45, 2.75) is 19.9 Å². The van der Waals surface area contributed by atoms with Crippen LogP contribution in [0, 0.1) is 6.92 Å². The zero-order valence-corrected chi connectivity index (χ0v) is 19.9. The van der Waals surface area contributed by atoms with Crippen LogP contribution in [-0.4, -0.2) is 28.0 Å². The number of fused-ring (bicyclic) bond motifs is 1. The van der Waals surface area contributed by atoms with E-state index in [0.717, 1.165) is 10.1 Å². The molecule has 1 aromatic heterocycles. The number of carbonyl (C=O) groups excluding carboxylic acids is 2. The number of carbonyl (C=O) groups is 2. The van der Waals surface area contributed by atoms with Gasteiger partial charge < -0.3 is 10.6 Å². The van der Waals surface area contributed by atoms with Gasteiger partial charge in [-0.05, 0) is 54.4 Å². The Hall–Kier alpha value is -4.17. The monoisotopic (exact) mass is 490 g/mol. The predicted molar refractivity (Wildman–Crippen MR) is 136 cm³/mol. The van der Waals surface area contributed by atoms with Gasteiger partial charge in [0.1, 0.15) is 6.54 Å². The quantitative estimate of drug-likeness (QED) is 0.433. The molecule has 0 fully saturated rings. The van der Waals surface area contributed by atoms with E-state index in [1.807, 2.05) is 0 Å². The fourth-order valence-electron chi connectivity index (χ4n) is 3.81. The Balaban J connectivity index is 1.76. The van der Waals surface area contributed by atoms with Gasteiger partial charge in [0.25, 0.3) is 5.56 Å². The third-order valence-electron chi connectivity index (χ3n) is 5.73. The maximum Gasteiger partial charge on any atom is 0.336 e. The minimum atomic E-state index is -0.647. The number of aromatic nitrogens is 2. The lowest BCUT2D eigenvalue weighted by atomic mass is 10.1. The van der Waals surface area contributed by atoms with Gasteiger partial charge in [-0.2, -0.15) is 0 Å². The Morgan fingerprint density at radius 2 is 1.63 bits per heavy atom. The highest BCUT2D eigenvalue weighted by Crippen LogP contribution is 2.23. The Morgan fingerprint density at radius 1 is 0.914 bits per heavy atom. The molecule has 35 heavy (non-hydrogen) atoms. The molecule has 3 aromatic carbocycles. The van der Waals surface area contributed by atoms with Crippen molar-refractivity contribution >= 4 is 40.0 Å². The SMILES string of the molecule is CNC(=O)Cc1ccc(-n2c(=O)c3ccccc3n(CC(=O)Nc3cccc(Cl)c3C)c2=O)cc1. The van der Waals surface area contributed by atoms with Crippen LogP contribution in [0.5, 0.6) is 0 Å². The van der Waals surface area contributed by atoms with Gasteiger partial charge in [0.05, 0.1) is 23.0 Å². The molecule has 0 bridgehead atoms. The molecule has 0 aliphatic rings. The van der Waals surface area contributed by atoms with Crippen LogP contribution in [0.25, 0.3) is 16.6 Å². The molecule has 0 spiro atoms. The molecule has 0 atom stereocenters. The highest BCUT2D eigenvalue weighted by atomic mass is 35.5. The normalized spacial score (nSPS) is 10.8. The molecule has 0 unspecified atom stereocenters. The molecule has 2 N–H and O–H groups in total. The van der Waals surface area contributed by atoms with Crippen molar-refractivity contribution in [3.05, 3.63) is 104 Å². The van der Waals surface area contributed by atoms with Gasteiger partial charge in [0.15, 0.2) is 0 Å². The van der Waals surface area contributed by atoms with Crippen molar-refractivity contribution < 1.29 is 9.59 Å².